The summed E-state index contributed by atoms with van der Waals surface area (Å²) in [7, 11) is 0. The Morgan fingerprint density at radius 2 is 1.60 bits per heavy atom. The van der Waals surface area contributed by atoms with Crippen LogP contribution < -0.4 is 21.3 Å². The molecule has 130 valence electrons. The summed E-state index contributed by atoms with van der Waals surface area (Å²) in [5, 5.41) is 12.5. The van der Waals surface area contributed by atoms with E-state index in [2.05, 4.69) is 16.3 Å². The normalized spacial score (nSPS) is 21.6. The van der Waals surface area contributed by atoms with Crippen LogP contribution in [0.3, 0.4) is 0 Å². The zero-order valence-electron chi connectivity index (χ0n) is 14.0. The largest absolute Gasteiger partial charge is 0.370 e. The summed E-state index contributed by atoms with van der Waals surface area (Å²) in [6.07, 6.45) is 0. The molecular weight excluding hydrogens is 320 g/mol. The maximum atomic E-state index is 12.6. The molecule has 1 unspecified atom stereocenters. The number of nitrogens with zero attached hydrogens (tertiary/aromatic N) is 1. The minimum absolute atomic E-state index is 0.635. The van der Waals surface area contributed by atoms with Crippen molar-refractivity contribution in [3.8, 4) is 0 Å². The van der Waals surface area contributed by atoms with Crippen LogP contribution in [0.25, 0.3) is 0 Å². The topological polar surface area (TPSA) is 93.7 Å². The molecule has 7 heteroatoms. The molecule has 25 heavy (non-hydrogen) atoms. The fourth-order valence-electron chi connectivity index (χ4n) is 2.85. The minimum atomic E-state index is -2.27. The monoisotopic (exact) mass is 340 g/mol. The van der Waals surface area contributed by atoms with Gasteiger partial charge in [0, 0.05) is 0 Å². The predicted molar refractivity (Wildman–Crippen MR) is 94.3 cm³/mol. The molecule has 2 amide bonds. The quantitative estimate of drug-likeness (QED) is 0.496. The molecule has 0 aliphatic carbocycles. The number of hydrogen-bond donors (Lipinski definition) is 4. The van der Waals surface area contributed by atoms with Gasteiger partial charge in [0.1, 0.15) is 5.54 Å². The van der Waals surface area contributed by atoms with Crippen molar-refractivity contribution in [3.05, 3.63) is 60.7 Å². The molecule has 0 bridgehead atoms. The van der Waals surface area contributed by atoms with Gasteiger partial charge in [-0.1, -0.05) is 36.4 Å². The van der Waals surface area contributed by atoms with Gasteiger partial charge >= 0.3 is 0 Å². The van der Waals surface area contributed by atoms with Crippen molar-refractivity contribution in [1.82, 2.24) is 10.9 Å². The first-order valence-corrected chi connectivity index (χ1v) is 7.87. The lowest BCUT2D eigenvalue weighted by molar-refractivity contribution is -0.153. The van der Waals surface area contributed by atoms with Crippen molar-refractivity contribution in [3.63, 3.8) is 0 Å². The molecule has 0 spiro atoms. The van der Waals surface area contributed by atoms with Crippen LogP contribution in [0, 0.1) is 0 Å². The standard InChI is InChI=1S/C18H20N4O3/c1-17(2)18(25,15(23)20-19-13-9-5-3-6-10-13)16(24)21-22(17)14-11-7-4-8-12-14/h3-12,19,25H,1-2H3,(H,20,23)(H,21,24). The van der Waals surface area contributed by atoms with E-state index in [1.807, 2.05) is 24.3 Å². The van der Waals surface area contributed by atoms with Crippen molar-refractivity contribution >= 4 is 23.2 Å². The molecule has 7 nitrogen and oxygen atoms in total. The first kappa shape index (κ1) is 16.8. The molecule has 1 aliphatic rings. The van der Waals surface area contributed by atoms with Gasteiger partial charge in [-0.15, -0.1) is 0 Å². The fraction of sp³-hybridized carbons (Fsp3) is 0.222. The van der Waals surface area contributed by atoms with Crippen LogP contribution in [-0.4, -0.2) is 28.1 Å². The molecule has 0 radical (unpaired) electrons. The summed E-state index contributed by atoms with van der Waals surface area (Å²) >= 11 is 0. The molecule has 3 rings (SSSR count). The van der Waals surface area contributed by atoms with E-state index in [1.54, 1.807) is 50.2 Å². The van der Waals surface area contributed by atoms with Crippen LogP contribution >= 0.6 is 0 Å². The van der Waals surface area contributed by atoms with E-state index in [1.165, 1.54) is 5.01 Å². The van der Waals surface area contributed by atoms with Crippen molar-refractivity contribution in [1.29, 1.82) is 0 Å². The van der Waals surface area contributed by atoms with E-state index in [9.17, 15) is 14.7 Å². The second-order valence-corrected chi connectivity index (χ2v) is 6.33. The molecule has 1 fully saturated rings. The third-order valence-electron chi connectivity index (χ3n) is 4.42. The lowest BCUT2D eigenvalue weighted by Gasteiger charge is -2.38. The number of hydrogen-bond acceptors (Lipinski definition) is 5. The van der Waals surface area contributed by atoms with Crippen LogP contribution in [0.4, 0.5) is 11.4 Å². The van der Waals surface area contributed by atoms with Crippen molar-refractivity contribution in [2.24, 2.45) is 0 Å². The van der Waals surface area contributed by atoms with Crippen LogP contribution in [0.2, 0.25) is 0 Å². The highest BCUT2D eigenvalue weighted by Gasteiger charge is 2.64. The van der Waals surface area contributed by atoms with E-state index < -0.39 is 23.0 Å². The second kappa shape index (κ2) is 6.10. The summed E-state index contributed by atoms with van der Waals surface area (Å²) < 4.78 is 0. The number of anilines is 2. The lowest BCUT2D eigenvalue weighted by atomic mass is 9.82. The molecule has 2 aromatic rings. The van der Waals surface area contributed by atoms with E-state index in [0.29, 0.717) is 11.4 Å². The van der Waals surface area contributed by atoms with Gasteiger partial charge in [0.15, 0.2) is 0 Å². The molecule has 1 heterocycles. The van der Waals surface area contributed by atoms with E-state index in [4.69, 9.17) is 0 Å². The Balaban J connectivity index is 1.83. The number of hydrazine groups is 2. The molecular formula is C18H20N4O3. The average Bonchev–Trinajstić information content (AvgIpc) is 2.82. The fourth-order valence-corrected chi connectivity index (χ4v) is 2.85. The van der Waals surface area contributed by atoms with Gasteiger partial charge in [-0.3, -0.25) is 30.9 Å². The van der Waals surface area contributed by atoms with Gasteiger partial charge in [0.25, 0.3) is 11.8 Å². The van der Waals surface area contributed by atoms with Crippen LogP contribution in [0.5, 0.6) is 0 Å². The first-order chi connectivity index (χ1) is 11.9. The zero-order chi connectivity index (χ0) is 18.1. The van der Waals surface area contributed by atoms with E-state index in [0.717, 1.165) is 0 Å². The molecule has 1 saturated heterocycles. The third-order valence-corrected chi connectivity index (χ3v) is 4.42. The Morgan fingerprint density at radius 1 is 1.04 bits per heavy atom. The Bertz CT molecular complexity index is 779. The molecule has 0 saturated carbocycles. The molecule has 1 aliphatic heterocycles. The van der Waals surface area contributed by atoms with Crippen molar-refractivity contribution in [2.45, 2.75) is 25.0 Å². The van der Waals surface area contributed by atoms with Gasteiger partial charge in [-0.25, -0.2) is 0 Å². The SMILES string of the molecule is CC1(C)N(c2ccccc2)NC(=O)C1(O)C(=O)NNc1ccccc1. The first-order valence-electron chi connectivity index (χ1n) is 7.87. The average molecular weight is 340 g/mol. The smallest absolute Gasteiger partial charge is 0.283 e. The number of carbonyl (C=O) groups excluding carboxylic acids is 2. The maximum absolute atomic E-state index is 12.6. The van der Waals surface area contributed by atoms with Gasteiger partial charge < -0.3 is 5.11 Å². The van der Waals surface area contributed by atoms with E-state index >= 15 is 0 Å². The van der Waals surface area contributed by atoms with E-state index in [-0.39, 0.29) is 0 Å². The summed E-state index contributed by atoms with van der Waals surface area (Å²) in [4.78, 5) is 25.1. The number of rotatable bonds is 4. The highest BCUT2D eigenvalue weighted by Crippen LogP contribution is 2.36. The maximum Gasteiger partial charge on any atom is 0.283 e. The van der Waals surface area contributed by atoms with Crippen LogP contribution in [0.15, 0.2) is 60.7 Å². The van der Waals surface area contributed by atoms with Gasteiger partial charge in [0.05, 0.1) is 11.4 Å². The number of amides is 2. The highest BCUT2D eigenvalue weighted by atomic mass is 16.3. The van der Waals surface area contributed by atoms with Gasteiger partial charge in [0.2, 0.25) is 5.60 Å². The zero-order valence-corrected chi connectivity index (χ0v) is 14.0. The Morgan fingerprint density at radius 3 is 2.20 bits per heavy atom. The number of nitrogens with one attached hydrogen (secondary N) is 3. The van der Waals surface area contributed by atoms with Crippen LogP contribution in [0.1, 0.15) is 13.8 Å². The summed E-state index contributed by atoms with van der Waals surface area (Å²) in [5.41, 5.74) is 5.51. The minimum Gasteiger partial charge on any atom is -0.370 e. The van der Waals surface area contributed by atoms with Gasteiger partial charge in [-0.2, -0.15) is 0 Å². The second-order valence-electron chi connectivity index (χ2n) is 6.33. The van der Waals surface area contributed by atoms with Crippen molar-refractivity contribution in [2.75, 3.05) is 10.4 Å². The summed E-state index contributed by atoms with van der Waals surface area (Å²) in [6.45, 7) is 3.25. The summed E-state index contributed by atoms with van der Waals surface area (Å²) in [6, 6.07) is 18.0. The molecule has 2 aromatic carbocycles. The number of aliphatic hydroxyl groups is 1. The number of benzene rings is 2. The predicted octanol–water partition coefficient (Wildman–Crippen LogP) is 1.19. The number of para-hydroxylation sites is 2. The third kappa shape index (κ3) is 2.68. The summed E-state index contributed by atoms with van der Waals surface area (Å²) in [5.74, 6) is -1.62. The highest BCUT2D eigenvalue weighted by molar-refractivity contribution is 6.13. The number of carbonyl (C=O) groups is 2. The van der Waals surface area contributed by atoms with Gasteiger partial charge in [-0.05, 0) is 38.1 Å². The Hall–Kier alpha value is -3.06. The van der Waals surface area contributed by atoms with Crippen LogP contribution in [-0.2, 0) is 9.59 Å². The molecule has 4 N–H and O–H groups in total. The Labute approximate surface area is 145 Å². The van der Waals surface area contributed by atoms with Crippen molar-refractivity contribution < 1.29 is 14.7 Å². The molecule has 1 atom stereocenters. The molecule has 0 aromatic heterocycles. The Kier molecular flexibility index (Phi) is 4.10. The lowest BCUT2D eigenvalue weighted by Crippen LogP contribution is -2.64.